The summed E-state index contributed by atoms with van der Waals surface area (Å²) in [6.45, 7) is 3.64. The minimum absolute atomic E-state index is 0.0278. The molecule has 1 atom stereocenters. The van der Waals surface area contributed by atoms with Gasteiger partial charge in [-0.25, -0.2) is 8.78 Å². The predicted molar refractivity (Wildman–Crippen MR) is 98.8 cm³/mol. The number of anilines is 1. The van der Waals surface area contributed by atoms with Gasteiger partial charge in [-0.1, -0.05) is 26.0 Å². The van der Waals surface area contributed by atoms with Crippen molar-refractivity contribution in [3.8, 4) is 5.75 Å². The summed E-state index contributed by atoms with van der Waals surface area (Å²) < 4.78 is 27.8. The highest BCUT2D eigenvalue weighted by Crippen LogP contribution is 2.42. The van der Waals surface area contributed by atoms with Crippen molar-refractivity contribution >= 4 is 17.4 Å². The molecule has 2 aromatic rings. The average molecular weight is 387 g/mol. The van der Waals surface area contributed by atoms with Crippen LogP contribution in [0.25, 0.3) is 0 Å². The number of aliphatic hydroxyl groups is 1. The third-order valence-corrected chi connectivity index (χ3v) is 4.48. The van der Waals surface area contributed by atoms with Gasteiger partial charge in [-0.3, -0.25) is 14.5 Å². The molecule has 0 bridgehead atoms. The Morgan fingerprint density at radius 2 is 1.75 bits per heavy atom. The molecule has 0 spiro atoms. The molecule has 0 saturated carbocycles. The van der Waals surface area contributed by atoms with Crippen molar-refractivity contribution < 1.29 is 28.6 Å². The van der Waals surface area contributed by atoms with Crippen molar-refractivity contribution in [1.82, 2.24) is 0 Å². The highest BCUT2D eigenvalue weighted by atomic mass is 19.1. The molecule has 0 aromatic heterocycles. The highest BCUT2D eigenvalue weighted by Gasteiger charge is 2.45. The third-order valence-electron chi connectivity index (χ3n) is 4.48. The molecule has 0 aliphatic carbocycles. The molecule has 1 unspecified atom stereocenters. The van der Waals surface area contributed by atoms with Crippen molar-refractivity contribution in [3.05, 3.63) is 71.0 Å². The van der Waals surface area contributed by atoms with Crippen LogP contribution in [0.2, 0.25) is 0 Å². The first kappa shape index (κ1) is 19.5. The zero-order chi connectivity index (χ0) is 20.6. The first-order valence-electron chi connectivity index (χ1n) is 8.74. The van der Waals surface area contributed by atoms with Gasteiger partial charge in [0.1, 0.15) is 17.4 Å². The quantitative estimate of drug-likeness (QED) is 0.807. The Morgan fingerprint density at radius 3 is 2.32 bits per heavy atom. The molecule has 7 heteroatoms. The molecule has 1 aliphatic rings. The maximum absolute atomic E-state index is 14.4. The van der Waals surface area contributed by atoms with E-state index in [9.17, 15) is 28.6 Å². The van der Waals surface area contributed by atoms with E-state index in [0.29, 0.717) is 11.6 Å². The number of Topliss-reactive ketones (excluding diaryl/α,β-unsaturated/α-hetero) is 1. The van der Waals surface area contributed by atoms with Gasteiger partial charge in [0.25, 0.3) is 5.91 Å². The summed E-state index contributed by atoms with van der Waals surface area (Å²) >= 11 is 0. The molecule has 146 valence electrons. The van der Waals surface area contributed by atoms with Crippen LogP contribution in [0, 0.1) is 17.6 Å². The van der Waals surface area contributed by atoms with Gasteiger partial charge in [0.05, 0.1) is 17.3 Å². The lowest BCUT2D eigenvalue weighted by Crippen LogP contribution is -2.32. The Morgan fingerprint density at radius 1 is 1.11 bits per heavy atom. The number of carbonyl (C=O) groups is 2. The van der Waals surface area contributed by atoms with Crippen LogP contribution in [0.5, 0.6) is 5.75 Å². The van der Waals surface area contributed by atoms with Gasteiger partial charge in [0, 0.05) is 12.5 Å². The van der Waals surface area contributed by atoms with E-state index < -0.39 is 35.1 Å². The van der Waals surface area contributed by atoms with Gasteiger partial charge in [-0.2, -0.15) is 0 Å². The van der Waals surface area contributed by atoms with Gasteiger partial charge in [0.15, 0.2) is 11.5 Å². The number of phenols is 1. The van der Waals surface area contributed by atoms with Crippen molar-refractivity contribution in [2.24, 2.45) is 5.92 Å². The molecule has 0 radical (unpaired) electrons. The number of halogens is 2. The van der Waals surface area contributed by atoms with E-state index in [4.69, 9.17) is 0 Å². The second-order valence-corrected chi connectivity index (χ2v) is 7.05. The van der Waals surface area contributed by atoms with Crippen molar-refractivity contribution in [2.75, 3.05) is 4.90 Å². The van der Waals surface area contributed by atoms with Crippen LogP contribution in [-0.2, 0) is 9.59 Å². The van der Waals surface area contributed by atoms with Crippen molar-refractivity contribution in [3.63, 3.8) is 0 Å². The molecule has 28 heavy (non-hydrogen) atoms. The molecular weight excluding hydrogens is 368 g/mol. The Hall–Kier alpha value is -3.22. The molecule has 1 amide bonds. The van der Waals surface area contributed by atoms with E-state index >= 15 is 0 Å². The molecule has 1 aliphatic heterocycles. The predicted octanol–water partition coefficient (Wildman–Crippen LogP) is 4.19. The summed E-state index contributed by atoms with van der Waals surface area (Å²) in [5.74, 6) is -4.02. The van der Waals surface area contributed by atoms with E-state index in [1.165, 1.54) is 24.3 Å². The summed E-state index contributed by atoms with van der Waals surface area (Å²) in [4.78, 5) is 26.5. The smallest absolute Gasteiger partial charge is 0.294 e. The third kappa shape index (κ3) is 3.47. The minimum atomic E-state index is -1.10. The van der Waals surface area contributed by atoms with Crippen LogP contribution >= 0.6 is 0 Å². The van der Waals surface area contributed by atoms with E-state index in [1.54, 1.807) is 0 Å². The van der Waals surface area contributed by atoms with Crippen LogP contribution in [0.15, 0.2) is 53.8 Å². The molecule has 1 heterocycles. The number of amides is 1. The first-order valence-corrected chi connectivity index (χ1v) is 8.74. The summed E-state index contributed by atoms with van der Waals surface area (Å²) in [6, 6.07) is 7.27. The van der Waals surface area contributed by atoms with Gasteiger partial charge >= 0.3 is 0 Å². The van der Waals surface area contributed by atoms with E-state index in [-0.39, 0.29) is 29.3 Å². The van der Waals surface area contributed by atoms with E-state index in [0.717, 1.165) is 17.0 Å². The number of ketones is 1. The van der Waals surface area contributed by atoms with Crippen LogP contribution in [-0.4, -0.2) is 21.9 Å². The topological polar surface area (TPSA) is 77.8 Å². The number of nitrogens with zero attached hydrogens (tertiary/aromatic N) is 1. The zero-order valence-corrected chi connectivity index (χ0v) is 15.3. The summed E-state index contributed by atoms with van der Waals surface area (Å²) in [5.41, 5.74) is -0.0116. The van der Waals surface area contributed by atoms with Gasteiger partial charge < -0.3 is 10.2 Å². The lowest BCUT2D eigenvalue weighted by atomic mass is 9.92. The summed E-state index contributed by atoms with van der Waals surface area (Å²) in [7, 11) is 0. The monoisotopic (exact) mass is 387 g/mol. The van der Waals surface area contributed by atoms with E-state index in [1.807, 2.05) is 13.8 Å². The number of aromatic hydroxyl groups is 1. The maximum Gasteiger partial charge on any atom is 0.294 e. The van der Waals surface area contributed by atoms with E-state index in [2.05, 4.69) is 0 Å². The maximum atomic E-state index is 14.4. The number of benzene rings is 2. The Bertz CT molecular complexity index is 967. The molecular formula is C21H19F2NO4. The molecule has 0 fully saturated rings. The van der Waals surface area contributed by atoms with Crippen LogP contribution < -0.4 is 4.90 Å². The lowest BCUT2D eigenvalue weighted by Gasteiger charge is -2.27. The van der Waals surface area contributed by atoms with Crippen LogP contribution in [0.4, 0.5) is 14.5 Å². The summed E-state index contributed by atoms with van der Waals surface area (Å²) in [6.07, 6.45) is 0.0843. The Labute approximate surface area is 160 Å². The van der Waals surface area contributed by atoms with Crippen molar-refractivity contribution in [2.45, 2.75) is 26.3 Å². The lowest BCUT2D eigenvalue weighted by molar-refractivity contribution is -0.118. The molecule has 5 nitrogen and oxygen atoms in total. The number of phenolic OH excluding ortho intramolecular Hbond substituents is 1. The normalized spacial score (nSPS) is 17.0. The standard InChI is InChI=1S/C21H19F2NO4/c1-11(2)9-17(26)18-19(12-3-6-14(25)7-4-12)24(21(28)20(18)27)16-8-5-13(22)10-15(16)23/h3-8,10-11,19,25,27H,9H2,1-2H3. The van der Waals surface area contributed by atoms with Gasteiger partial charge in [-0.15, -0.1) is 0 Å². The molecule has 0 saturated heterocycles. The second kappa shape index (κ2) is 7.42. The fraction of sp³-hybridized carbons (Fsp3) is 0.238. The number of rotatable bonds is 5. The van der Waals surface area contributed by atoms with Crippen LogP contribution in [0.3, 0.4) is 0 Å². The molecule has 2 N–H and O–H groups in total. The second-order valence-electron chi connectivity index (χ2n) is 7.05. The zero-order valence-electron chi connectivity index (χ0n) is 15.3. The fourth-order valence-electron chi connectivity index (χ4n) is 3.27. The highest BCUT2D eigenvalue weighted by molar-refractivity contribution is 6.16. The minimum Gasteiger partial charge on any atom is -0.508 e. The number of hydrogen-bond acceptors (Lipinski definition) is 4. The SMILES string of the molecule is CC(C)CC(=O)C1=C(O)C(=O)N(c2ccc(F)cc2F)C1c1ccc(O)cc1. The Kier molecular flexibility index (Phi) is 5.18. The fourth-order valence-corrected chi connectivity index (χ4v) is 3.27. The van der Waals surface area contributed by atoms with Gasteiger partial charge in [-0.05, 0) is 35.7 Å². The average Bonchev–Trinajstić information content (AvgIpc) is 2.87. The molecule has 3 rings (SSSR count). The number of aliphatic hydroxyl groups excluding tert-OH is 1. The first-order chi connectivity index (χ1) is 13.2. The van der Waals surface area contributed by atoms with Gasteiger partial charge in [0.2, 0.25) is 0 Å². The summed E-state index contributed by atoms with van der Waals surface area (Å²) in [5, 5.41) is 20.0. The van der Waals surface area contributed by atoms with Crippen LogP contribution in [0.1, 0.15) is 31.9 Å². The number of hydrogen-bond donors (Lipinski definition) is 2. The Balaban J connectivity index is 2.17. The molecule has 2 aromatic carbocycles. The van der Waals surface area contributed by atoms with Crippen molar-refractivity contribution in [1.29, 1.82) is 0 Å². The largest absolute Gasteiger partial charge is 0.508 e. The number of carbonyl (C=O) groups excluding carboxylic acids is 2.